The van der Waals surface area contributed by atoms with Gasteiger partial charge in [0.2, 0.25) is 0 Å². The summed E-state index contributed by atoms with van der Waals surface area (Å²) in [6.07, 6.45) is -1.15. The van der Waals surface area contributed by atoms with Gasteiger partial charge in [-0.05, 0) is 56.4 Å². The van der Waals surface area contributed by atoms with Gasteiger partial charge in [-0.3, -0.25) is 0 Å². The topological polar surface area (TPSA) is 15.3 Å². The van der Waals surface area contributed by atoms with Crippen molar-refractivity contribution < 1.29 is 13.2 Å². The van der Waals surface area contributed by atoms with E-state index in [1.165, 1.54) is 5.56 Å². The minimum absolute atomic E-state index is 0.0894. The van der Waals surface area contributed by atoms with Crippen molar-refractivity contribution in [3.63, 3.8) is 0 Å². The Morgan fingerprint density at radius 1 is 1.24 bits per heavy atom. The number of hydrogen-bond acceptors (Lipinski definition) is 2. The first-order valence-corrected chi connectivity index (χ1v) is 7.64. The van der Waals surface area contributed by atoms with Crippen LogP contribution in [0.5, 0.6) is 0 Å². The lowest BCUT2D eigenvalue weighted by Crippen LogP contribution is -2.41. The smallest absolute Gasteiger partial charge is 0.382 e. The monoisotopic (exact) mass is 298 g/mol. The molecule has 2 aliphatic rings. The molecule has 1 aromatic carbocycles. The number of fused-ring (bicyclic) bond motifs is 1. The lowest BCUT2D eigenvalue weighted by molar-refractivity contribution is -0.175. The number of alkyl halides is 3. The minimum Gasteiger partial charge on any atom is -0.382 e. The predicted octanol–water partition coefficient (Wildman–Crippen LogP) is 4.21. The van der Waals surface area contributed by atoms with Crippen LogP contribution in [0.25, 0.3) is 0 Å². The average Bonchev–Trinajstić information content (AvgIpc) is 2.46. The number of benzene rings is 1. The number of nitrogens with one attached hydrogen (secondary N) is 1. The van der Waals surface area contributed by atoms with Crippen LogP contribution in [0, 0.1) is 5.92 Å². The lowest BCUT2D eigenvalue weighted by atomic mass is 9.95. The average molecular weight is 298 g/mol. The maximum absolute atomic E-state index is 12.9. The molecule has 0 aromatic heterocycles. The molecule has 1 fully saturated rings. The van der Waals surface area contributed by atoms with E-state index in [-0.39, 0.29) is 13.0 Å². The standard InChI is InChI=1S/C16H21F3N2/c1-11-4-5-12-9-14(6-7-15(12)20-11)21-8-2-3-13(10-21)16(17,18)19/h6-7,9,11,13,20H,2-5,8,10H2,1H3. The maximum Gasteiger partial charge on any atom is 0.393 e. The van der Waals surface area contributed by atoms with Gasteiger partial charge in [0.25, 0.3) is 0 Å². The molecule has 2 aliphatic heterocycles. The molecule has 2 heterocycles. The van der Waals surface area contributed by atoms with Crippen LogP contribution < -0.4 is 10.2 Å². The normalized spacial score (nSPS) is 26.2. The summed E-state index contributed by atoms with van der Waals surface area (Å²) < 4.78 is 38.7. The predicted molar refractivity (Wildman–Crippen MR) is 78.8 cm³/mol. The Labute approximate surface area is 123 Å². The molecule has 3 rings (SSSR count). The zero-order chi connectivity index (χ0) is 15.0. The third-order valence-corrected chi connectivity index (χ3v) is 4.59. The summed E-state index contributed by atoms with van der Waals surface area (Å²) in [6, 6.07) is 6.49. The minimum atomic E-state index is -4.08. The molecule has 2 nitrogen and oxygen atoms in total. The summed E-state index contributed by atoms with van der Waals surface area (Å²) in [5.74, 6) is -1.19. The van der Waals surface area contributed by atoms with Crippen LogP contribution in [0.4, 0.5) is 24.5 Å². The molecule has 2 unspecified atom stereocenters. The molecule has 0 bridgehead atoms. The van der Waals surface area contributed by atoms with Gasteiger partial charge in [-0.25, -0.2) is 0 Å². The van der Waals surface area contributed by atoms with Gasteiger partial charge in [0.05, 0.1) is 5.92 Å². The molecule has 0 spiro atoms. The molecular formula is C16H21F3N2. The number of nitrogens with zero attached hydrogens (tertiary/aromatic N) is 1. The van der Waals surface area contributed by atoms with E-state index in [0.29, 0.717) is 12.5 Å². The molecule has 1 N–H and O–H groups in total. The highest BCUT2D eigenvalue weighted by Crippen LogP contribution is 2.36. The Hall–Kier alpha value is -1.39. The van der Waals surface area contributed by atoms with Crippen molar-refractivity contribution in [3.8, 4) is 0 Å². The van der Waals surface area contributed by atoms with Crippen molar-refractivity contribution in [1.82, 2.24) is 0 Å². The van der Waals surface area contributed by atoms with Crippen molar-refractivity contribution in [2.45, 2.75) is 44.8 Å². The van der Waals surface area contributed by atoms with E-state index in [0.717, 1.165) is 30.8 Å². The van der Waals surface area contributed by atoms with E-state index in [2.05, 4.69) is 18.3 Å². The summed E-state index contributed by atoms with van der Waals surface area (Å²) in [5.41, 5.74) is 3.28. The third kappa shape index (κ3) is 3.11. The first-order valence-electron chi connectivity index (χ1n) is 7.64. The van der Waals surface area contributed by atoms with Crippen LogP contribution in [-0.4, -0.2) is 25.3 Å². The van der Waals surface area contributed by atoms with Gasteiger partial charge < -0.3 is 10.2 Å². The van der Waals surface area contributed by atoms with E-state index in [4.69, 9.17) is 0 Å². The van der Waals surface area contributed by atoms with E-state index >= 15 is 0 Å². The maximum atomic E-state index is 12.9. The van der Waals surface area contributed by atoms with Crippen LogP contribution in [0.1, 0.15) is 31.7 Å². The highest BCUT2D eigenvalue weighted by Gasteiger charge is 2.41. The number of hydrogen-bond donors (Lipinski definition) is 1. The summed E-state index contributed by atoms with van der Waals surface area (Å²) in [7, 11) is 0. The fraction of sp³-hybridized carbons (Fsp3) is 0.625. The zero-order valence-corrected chi connectivity index (χ0v) is 12.2. The number of halogens is 3. The quantitative estimate of drug-likeness (QED) is 0.835. The van der Waals surface area contributed by atoms with Gasteiger partial charge in [-0.1, -0.05) is 0 Å². The Kier molecular flexibility index (Phi) is 3.76. The van der Waals surface area contributed by atoms with E-state index < -0.39 is 12.1 Å². The Morgan fingerprint density at radius 2 is 2.05 bits per heavy atom. The molecule has 0 radical (unpaired) electrons. The fourth-order valence-electron chi connectivity index (χ4n) is 3.31. The molecule has 21 heavy (non-hydrogen) atoms. The number of anilines is 2. The summed E-state index contributed by atoms with van der Waals surface area (Å²) in [6.45, 7) is 2.96. The zero-order valence-electron chi connectivity index (χ0n) is 12.2. The van der Waals surface area contributed by atoms with Crippen molar-refractivity contribution >= 4 is 11.4 Å². The SMILES string of the molecule is CC1CCc2cc(N3CCCC(C(F)(F)F)C3)ccc2N1. The van der Waals surface area contributed by atoms with E-state index in [1.54, 1.807) is 0 Å². The van der Waals surface area contributed by atoms with Crippen LogP contribution in [0.3, 0.4) is 0 Å². The number of aryl methyl sites for hydroxylation is 1. The number of piperidine rings is 1. The van der Waals surface area contributed by atoms with Crippen molar-refractivity contribution in [1.29, 1.82) is 0 Å². The molecule has 2 atom stereocenters. The van der Waals surface area contributed by atoms with Gasteiger partial charge >= 0.3 is 6.18 Å². The molecule has 0 aliphatic carbocycles. The Bertz CT molecular complexity index is 513. The van der Waals surface area contributed by atoms with Crippen molar-refractivity contribution in [2.75, 3.05) is 23.3 Å². The molecule has 1 saturated heterocycles. The van der Waals surface area contributed by atoms with Crippen molar-refractivity contribution in [3.05, 3.63) is 23.8 Å². The molecule has 0 saturated carbocycles. The van der Waals surface area contributed by atoms with E-state index in [9.17, 15) is 13.2 Å². The largest absolute Gasteiger partial charge is 0.393 e. The van der Waals surface area contributed by atoms with Gasteiger partial charge in [0.1, 0.15) is 0 Å². The highest BCUT2D eigenvalue weighted by molar-refractivity contribution is 5.62. The van der Waals surface area contributed by atoms with Gasteiger partial charge in [0.15, 0.2) is 0 Å². The Balaban J connectivity index is 1.78. The molecular weight excluding hydrogens is 277 g/mol. The second kappa shape index (κ2) is 5.43. The van der Waals surface area contributed by atoms with Gasteiger partial charge in [0, 0.05) is 30.5 Å². The molecule has 5 heteroatoms. The van der Waals surface area contributed by atoms with Gasteiger partial charge in [-0.15, -0.1) is 0 Å². The van der Waals surface area contributed by atoms with Crippen molar-refractivity contribution in [2.24, 2.45) is 5.92 Å². The van der Waals surface area contributed by atoms with Gasteiger partial charge in [-0.2, -0.15) is 13.2 Å². The second-order valence-corrected chi connectivity index (χ2v) is 6.25. The number of rotatable bonds is 1. The third-order valence-electron chi connectivity index (χ3n) is 4.59. The molecule has 1 aromatic rings. The van der Waals surface area contributed by atoms with Crippen LogP contribution >= 0.6 is 0 Å². The first-order chi connectivity index (χ1) is 9.93. The fourth-order valence-corrected chi connectivity index (χ4v) is 3.31. The first kappa shape index (κ1) is 14.5. The van der Waals surface area contributed by atoms with Crippen LogP contribution in [-0.2, 0) is 6.42 Å². The molecule has 0 amide bonds. The highest BCUT2D eigenvalue weighted by atomic mass is 19.4. The summed E-state index contributed by atoms with van der Waals surface area (Å²) >= 11 is 0. The van der Waals surface area contributed by atoms with E-state index in [1.807, 2.05) is 17.0 Å². The van der Waals surface area contributed by atoms with Crippen LogP contribution in [0.2, 0.25) is 0 Å². The van der Waals surface area contributed by atoms with Crippen LogP contribution in [0.15, 0.2) is 18.2 Å². The second-order valence-electron chi connectivity index (χ2n) is 6.25. The summed E-state index contributed by atoms with van der Waals surface area (Å²) in [4.78, 5) is 1.89. The molecule has 116 valence electrons. The summed E-state index contributed by atoms with van der Waals surface area (Å²) in [5, 5.41) is 3.42. The Morgan fingerprint density at radius 3 is 2.81 bits per heavy atom. The lowest BCUT2D eigenvalue weighted by Gasteiger charge is -2.36.